The first-order valence-electron chi connectivity index (χ1n) is 7.24. The fourth-order valence-corrected chi connectivity index (χ4v) is 2.74. The number of benzene rings is 1. The van der Waals surface area contributed by atoms with Crippen LogP contribution in [-0.4, -0.2) is 25.7 Å². The number of primary amides is 1. The summed E-state index contributed by atoms with van der Waals surface area (Å²) in [6.45, 7) is 0.0875. The molecule has 8 heteroatoms. The molecule has 4 rings (SSSR count). The molecule has 0 unspecified atom stereocenters. The molecule has 3 heterocycles. The number of hydrogen-bond acceptors (Lipinski definition) is 5. The van der Waals surface area contributed by atoms with Crippen molar-refractivity contribution in [1.82, 2.24) is 19.6 Å². The topological polar surface area (TPSA) is 124 Å². The summed E-state index contributed by atoms with van der Waals surface area (Å²) in [7, 11) is 0. The molecule has 0 radical (unpaired) electrons. The molecule has 4 aromatic rings. The maximum absolute atomic E-state index is 10.8. The molecule has 3 aromatic heterocycles. The minimum atomic E-state index is -0.814. The number of fused-ring (bicyclic) bond motifs is 3. The molecule has 0 saturated carbocycles. The minimum Gasteiger partial charge on any atom is -0.445 e. The van der Waals surface area contributed by atoms with Gasteiger partial charge in [-0.25, -0.2) is 9.78 Å². The zero-order valence-electron chi connectivity index (χ0n) is 12.6. The van der Waals surface area contributed by atoms with Gasteiger partial charge in [-0.3, -0.25) is 5.10 Å². The van der Waals surface area contributed by atoms with E-state index in [1.165, 1.54) is 0 Å². The van der Waals surface area contributed by atoms with Gasteiger partial charge in [0.15, 0.2) is 0 Å². The summed E-state index contributed by atoms with van der Waals surface area (Å²) < 4.78 is 6.76. The zero-order valence-corrected chi connectivity index (χ0v) is 12.6. The number of hydrogen-bond donors (Lipinski definition) is 3. The third-order valence-electron chi connectivity index (χ3n) is 3.81. The largest absolute Gasteiger partial charge is 0.445 e. The quantitative estimate of drug-likeness (QED) is 0.532. The fourth-order valence-electron chi connectivity index (χ4n) is 2.74. The zero-order chi connectivity index (χ0) is 16.7. The molecule has 0 aliphatic heterocycles. The number of nitrogens with one attached hydrogen (secondary N) is 1. The van der Waals surface area contributed by atoms with Gasteiger partial charge >= 0.3 is 6.09 Å². The van der Waals surface area contributed by atoms with Crippen LogP contribution in [0, 0.1) is 0 Å². The monoisotopic (exact) mass is 322 g/mol. The number of nitrogen functional groups attached to an aromatic ring is 1. The van der Waals surface area contributed by atoms with Gasteiger partial charge in [0.1, 0.15) is 12.4 Å². The van der Waals surface area contributed by atoms with Crippen molar-refractivity contribution < 1.29 is 9.53 Å². The van der Waals surface area contributed by atoms with Crippen LogP contribution in [-0.2, 0) is 11.3 Å². The van der Waals surface area contributed by atoms with Gasteiger partial charge in [-0.1, -0.05) is 6.07 Å². The Bertz CT molecular complexity index is 1050. The van der Waals surface area contributed by atoms with Crippen LogP contribution in [0.4, 0.5) is 10.6 Å². The number of aromatic amines is 1. The Balaban J connectivity index is 1.85. The standard InChI is InChI=1S/C16H14N6O2/c17-15-14-5-9(8-24-16(18)23)7-22(14)13-2-1-10(6-12(13)20-15)11-3-4-19-21-11/h1-7H,8H2,(H2,17,20)(H2,18,23)(H,19,21). The van der Waals surface area contributed by atoms with Crippen LogP contribution in [0.2, 0.25) is 0 Å². The van der Waals surface area contributed by atoms with Gasteiger partial charge in [0, 0.05) is 23.5 Å². The minimum absolute atomic E-state index is 0.0875. The summed E-state index contributed by atoms with van der Waals surface area (Å²) in [6.07, 6.45) is 2.74. The van der Waals surface area contributed by atoms with E-state index in [1.807, 2.05) is 40.9 Å². The lowest BCUT2D eigenvalue weighted by molar-refractivity contribution is 0.150. The first kappa shape index (κ1) is 14.1. The number of carbonyl (C=O) groups is 1. The lowest BCUT2D eigenvalue weighted by Crippen LogP contribution is -2.12. The molecule has 24 heavy (non-hydrogen) atoms. The molecule has 120 valence electrons. The normalized spacial score (nSPS) is 11.2. The van der Waals surface area contributed by atoms with Gasteiger partial charge in [-0.2, -0.15) is 5.10 Å². The molecule has 0 aliphatic carbocycles. The summed E-state index contributed by atoms with van der Waals surface area (Å²) in [6, 6.07) is 9.60. The Hall–Kier alpha value is -3.55. The van der Waals surface area contributed by atoms with Crippen LogP contribution < -0.4 is 11.5 Å². The predicted molar refractivity (Wildman–Crippen MR) is 89.1 cm³/mol. The third kappa shape index (κ3) is 2.30. The van der Waals surface area contributed by atoms with E-state index in [0.29, 0.717) is 5.82 Å². The van der Waals surface area contributed by atoms with E-state index in [1.54, 1.807) is 6.20 Å². The number of carbonyl (C=O) groups excluding carboxylic acids is 1. The Morgan fingerprint density at radius 3 is 2.88 bits per heavy atom. The lowest BCUT2D eigenvalue weighted by Gasteiger charge is -2.06. The number of H-pyrrole nitrogens is 1. The molecule has 0 fully saturated rings. The molecule has 1 amide bonds. The second-order valence-corrected chi connectivity index (χ2v) is 5.38. The average molecular weight is 322 g/mol. The van der Waals surface area contributed by atoms with E-state index in [-0.39, 0.29) is 6.61 Å². The highest BCUT2D eigenvalue weighted by atomic mass is 16.5. The van der Waals surface area contributed by atoms with E-state index in [2.05, 4.69) is 15.2 Å². The number of rotatable bonds is 3. The van der Waals surface area contributed by atoms with Gasteiger partial charge in [0.2, 0.25) is 0 Å². The molecule has 0 spiro atoms. The van der Waals surface area contributed by atoms with Crippen LogP contribution in [0.25, 0.3) is 27.8 Å². The summed E-state index contributed by atoms with van der Waals surface area (Å²) >= 11 is 0. The van der Waals surface area contributed by atoms with Crippen molar-refractivity contribution in [2.45, 2.75) is 6.61 Å². The summed E-state index contributed by atoms with van der Waals surface area (Å²) in [5.41, 5.74) is 16.1. The summed E-state index contributed by atoms with van der Waals surface area (Å²) in [5, 5.41) is 6.88. The molecule has 8 nitrogen and oxygen atoms in total. The van der Waals surface area contributed by atoms with Crippen LogP contribution in [0.15, 0.2) is 42.7 Å². The molecule has 0 aliphatic rings. The number of aromatic nitrogens is 4. The Labute approximate surface area is 136 Å². The first-order chi connectivity index (χ1) is 11.6. The second kappa shape index (κ2) is 5.27. The number of ether oxygens (including phenoxy) is 1. The number of nitrogens with two attached hydrogens (primary N) is 2. The van der Waals surface area contributed by atoms with Crippen molar-refractivity contribution in [2.24, 2.45) is 5.73 Å². The highest BCUT2D eigenvalue weighted by Crippen LogP contribution is 2.26. The fraction of sp³-hybridized carbons (Fsp3) is 0.0625. The van der Waals surface area contributed by atoms with Crippen LogP contribution >= 0.6 is 0 Å². The van der Waals surface area contributed by atoms with Crippen molar-refractivity contribution in [3.63, 3.8) is 0 Å². The van der Waals surface area contributed by atoms with Gasteiger partial charge in [-0.15, -0.1) is 0 Å². The molecule has 0 atom stereocenters. The van der Waals surface area contributed by atoms with Gasteiger partial charge in [-0.05, 0) is 24.3 Å². The highest BCUT2D eigenvalue weighted by Gasteiger charge is 2.11. The molecule has 0 bridgehead atoms. The van der Waals surface area contributed by atoms with Crippen molar-refractivity contribution in [2.75, 3.05) is 5.73 Å². The third-order valence-corrected chi connectivity index (χ3v) is 3.81. The Morgan fingerprint density at radius 1 is 1.25 bits per heavy atom. The maximum atomic E-state index is 10.8. The highest BCUT2D eigenvalue weighted by molar-refractivity contribution is 5.87. The van der Waals surface area contributed by atoms with Crippen LogP contribution in [0.5, 0.6) is 0 Å². The van der Waals surface area contributed by atoms with E-state index < -0.39 is 6.09 Å². The van der Waals surface area contributed by atoms with Crippen LogP contribution in [0.1, 0.15) is 5.56 Å². The number of nitrogens with zero attached hydrogens (tertiary/aromatic N) is 3. The van der Waals surface area contributed by atoms with E-state index in [0.717, 1.165) is 33.4 Å². The molecule has 5 N–H and O–H groups in total. The van der Waals surface area contributed by atoms with Gasteiger partial charge in [0.05, 0.1) is 22.2 Å². The van der Waals surface area contributed by atoms with Gasteiger partial charge in [0.25, 0.3) is 0 Å². The number of amides is 1. The van der Waals surface area contributed by atoms with Crippen molar-refractivity contribution in [3.8, 4) is 11.3 Å². The maximum Gasteiger partial charge on any atom is 0.404 e. The van der Waals surface area contributed by atoms with Crippen molar-refractivity contribution in [3.05, 3.63) is 48.3 Å². The van der Waals surface area contributed by atoms with Gasteiger partial charge < -0.3 is 20.6 Å². The smallest absolute Gasteiger partial charge is 0.404 e. The molecular formula is C16H14N6O2. The Kier molecular flexibility index (Phi) is 3.09. The predicted octanol–water partition coefficient (Wildman–Crippen LogP) is 2.06. The number of anilines is 1. The van der Waals surface area contributed by atoms with E-state index in [4.69, 9.17) is 16.2 Å². The van der Waals surface area contributed by atoms with E-state index in [9.17, 15) is 4.79 Å². The SMILES string of the molecule is NC(=O)OCc1cc2c(N)nc3cc(-c4ccn[nH]4)ccc3n2c1. The molecule has 0 saturated heterocycles. The van der Waals surface area contributed by atoms with Crippen molar-refractivity contribution >= 4 is 28.5 Å². The lowest BCUT2D eigenvalue weighted by atomic mass is 10.1. The molecular weight excluding hydrogens is 308 g/mol. The van der Waals surface area contributed by atoms with E-state index >= 15 is 0 Å². The Morgan fingerprint density at radius 2 is 2.12 bits per heavy atom. The molecule has 1 aromatic carbocycles. The first-order valence-corrected chi connectivity index (χ1v) is 7.24. The summed E-state index contributed by atoms with van der Waals surface area (Å²) in [4.78, 5) is 15.2. The van der Waals surface area contributed by atoms with Crippen molar-refractivity contribution in [1.29, 1.82) is 0 Å². The summed E-state index contributed by atoms with van der Waals surface area (Å²) in [5.74, 6) is 0.398. The second-order valence-electron chi connectivity index (χ2n) is 5.38. The average Bonchev–Trinajstić information content (AvgIpc) is 3.22. The van der Waals surface area contributed by atoms with Crippen LogP contribution in [0.3, 0.4) is 0 Å².